The van der Waals surface area contributed by atoms with E-state index in [2.05, 4.69) is 5.43 Å². The molecule has 1 unspecified atom stereocenters. The van der Waals surface area contributed by atoms with Gasteiger partial charge in [-0.25, -0.2) is 0 Å². The Morgan fingerprint density at radius 1 is 1.25 bits per heavy atom. The molecule has 0 aliphatic heterocycles. The van der Waals surface area contributed by atoms with Gasteiger partial charge in [0.25, 0.3) is 0 Å². The second-order valence-electron chi connectivity index (χ2n) is 3.45. The number of hydrogen-bond acceptors (Lipinski definition) is 2. The minimum absolute atomic E-state index is 0. The lowest BCUT2D eigenvalue weighted by atomic mass is 10.0. The van der Waals surface area contributed by atoms with Crippen LogP contribution in [0.25, 0.3) is 0 Å². The zero-order valence-electron chi connectivity index (χ0n) is 8.71. The lowest BCUT2D eigenvalue weighted by molar-refractivity contribution is -0.140. The first-order valence-electron chi connectivity index (χ1n) is 4.52. The zero-order valence-corrected chi connectivity index (χ0v) is 9.53. The van der Waals surface area contributed by atoms with E-state index in [9.17, 15) is 13.2 Å². The molecule has 0 aliphatic rings. The van der Waals surface area contributed by atoms with Crippen LogP contribution in [0.15, 0.2) is 24.3 Å². The van der Waals surface area contributed by atoms with E-state index in [4.69, 9.17) is 5.84 Å². The zero-order chi connectivity index (χ0) is 11.5. The van der Waals surface area contributed by atoms with Crippen LogP contribution in [0.1, 0.15) is 23.6 Å². The molecule has 1 aromatic carbocycles. The van der Waals surface area contributed by atoms with E-state index in [0.717, 1.165) is 5.56 Å². The summed E-state index contributed by atoms with van der Waals surface area (Å²) in [6, 6.07) is 5.93. The first kappa shape index (κ1) is 15.2. The van der Waals surface area contributed by atoms with Gasteiger partial charge in [0.15, 0.2) is 0 Å². The number of aryl methyl sites for hydroxylation is 1. The molecule has 0 aromatic heterocycles. The summed E-state index contributed by atoms with van der Waals surface area (Å²) in [6.07, 6.45) is -5.19. The van der Waals surface area contributed by atoms with Gasteiger partial charge in [0, 0.05) is 0 Å². The number of hydrazine groups is 1. The number of halogens is 4. The van der Waals surface area contributed by atoms with Crippen molar-refractivity contribution in [2.24, 2.45) is 5.84 Å². The van der Waals surface area contributed by atoms with E-state index in [1.165, 1.54) is 0 Å². The molecule has 0 spiro atoms. The molecule has 0 heterocycles. The molecule has 16 heavy (non-hydrogen) atoms. The van der Waals surface area contributed by atoms with E-state index in [1.54, 1.807) is 24.3 Å². The highest BCUT2D eigenvalue weighted by atomic mass is 35.5. The first-order valence-corrected chi connectivity index (χ1v) is 4.52. The van der Waals surface area contributed by atoms with Crippen LogP contribution in [0.4, 0.5) is 13.2 Å². The molecule has 1 rings (SSSR count). The average Bonchev–Trinajstić information content (AvgIpc) is 2.14. The van der Waals surface area contributed by atoms with E-state index in [0.29, 0.717) is 5.56 Å². The van der Waals surface area contributed by atoms with Crippen molar-refractivity contribution in [3.05, 3.63) is 35.4 Å². The van der Waals surface area contributed by atoms with Gasteiger partial charge in [0.05, 0.1) is 12.5 Å². The van der Waals surface area contributed by atoms with E-state index in [-0.39, 0.29) is 12.4 Å². The molecule has 0 bridgehead atoms. The van der Waals surface area contributed by atoms with Gasteiger partial charge >= 0.3 is 6.18 Å². The molecule has 0 saturated carbocycles. The molecule has 6 heteroatoms. The molecule has 0 amide bonds. The van der Waals surface area contributed by atoms with Crippen LogP contribution in [0.2, 0.25) is 0 Å². The van der Waals surface area contributed by atoms with Crippen molar-refractivity contribution in [3.63, 3.8) is 0 Å². The van der Waals surface area contributed by atoms with Crippen LogP contribution < -0.4 is 11.3 Å². The van der Waals surface area contributed by atoms with Crippen molar-refractivity contribution >= 4 is 12.4 Å². The molecule has 3 N–H and O–H groups in total. The third-order valence-electron chi connectivity index (χ3n) is 2.12. The standard InChI is InChI=1S/C10H13F3N2.ClH/c1-7-2-4-8(5-3-7)9(15-14)6-10(11,12)13;/h2-5,9,15H,6,14H2,1H3;1H. The molecule has 0 saturated heterocycles. The fraction of sp³-hybridized carbons (Fsp3) is 0.400. The lowest BCUT2D eigenvalue weighted by Crippen LogP contribution is -2.31. The van der Waals surface area contributed by atoms with Gasteiger partial charge in [-0.2, -0.15) is 13.2 Å². The maximum atomic E-state index is 12.2. The molecular weight excluding hydrogens is 241 g/mol. The van der Waals surface area contributed by atoms with Gasteiger partial charge in [-0.05, 0) is 12.5 Å². The Morgan fingerprint density at radius 2 is 1.75 bits per heavy atom. The topological polar surface area (TPSA) is 38.0 Å². The Labute approximate surface area is 98.4 Å². The second kappa shape index (κ2) is 6.08. The van der Waals surface area contributed by atoms with Crippen LogP contribution in [-0.4, -0.2) is 6.18 Å². The van der Waals surface area contributed by atoms with Crippen LogP contribution in [0.5, 0.6) is 0 Å². The van der Waals surface area contributed by atoms with E-state index in [1.807, 2.05) is 6.92 Å². The SMILES string of the molecule is Cc1ccc(C(CC(F)(F)F)NN)cc1.Cl. The van der Waals surface area contributed by atoms with E-state index >= 15 is 0 Å². The van der Waals surface area contributed by atoms with E-state index < -0.39 is 18.6 Å². The maximum Gasteiger partial charge on any atom is 0.390 e. The lowest BCUT2D eigenvalue weighted by Gasteiger charge is -2.18. The molecule has 92 valence electrons. The van der Waals surface area contributed by atoms with Crippen LogP contribution in [0, 0.1) is 6.92 Å². The number of nitrogens with one attached hydrogen (secondary N) is 1. The van der Waals surface area contributed by atoms with Crippen molar-refractivity contribution in [2.45, 2.75) is 25.6 Å². The first-order chi connectivity index (χ1) is 6.92. The molecule has 0 radical (unpaired) electrons. The number of nitrogens with two attached hydrogens (primary N) is 1. The van der Waals surface area contributed by atoms with Gasteiger partial charge in [-0.15, -0.1) is 12.4 Å². The second-order valence-corrected chi connectivity index (χ2v) is 3.45. The van der Waals surface area contributed by atoms with Gasteiger partial charge in [-0.3, -0.25) is 11.3 Å². The molecular formula is C10H14ClF3N2. The fourth-order valence-corrected chi connectivity index (χ4v) is 1.30. The summed E-state index contributed by atoms with van der Waals surface area (Å²) >= 11 is 0. The molecule has 2 nitrogen and oxygen atoms in total. The van der Waals surface area contributed by atoms with Crippen LogP contribution >= 0.6 is 12.4 Å². The normalized spacial score (nSPS) is 13.1. The summed E-state index contributed by atoms with van der Waals surface area (Å²) in [5.41, 5.74) is 3.72. The van der Waals surface area contributed by atoms with Crippen molar-refractivity contribution in [2.75, 3.05) is 0 Å². The fourth-order valence-electron chi connectivity index (χ4n) is 1.30. The van der Waals surface area contributed by atoms with Gasteiger partial charge in [-0.1, -0.05) is 29.8 Å². The molecule has 1 aromatic rings. The summed E-state index contributed by atoms with van der Waals surface area (Å²) in [4.78, 5) is 0. The van der Waals surface area contributed by atoms with Crippen molar-refractivity contribution < 1.29 is 13.2 Å². The van der Waals surface area contributed by atoms with Crippen LogP contribution in [-0.2, 0) is 0 Å². The average molecular weight is 255 g/mol. The number of rotatable bonds is 3. The van der Waals surface area contributed by atoms with Crippen molar-refractivity contribution in [1.29, 1.82) is 0 Å². The summed E-state index contributed by atoms with van der Waals surface area (Å²) in [5.74, 6) is 5.10. The summed E-state index contributed by atoms with van der Waals surface area (Å²) in [7, 11) is 0. The van der Waals surface area contributed by atoms with Crippen molar-refractivity contribution in [3.8, 4) is 0 Å². The Bertz CT molecular complexity index is 311. The smallest absolute Gasteiger partial charge is 0.271 e. The quantitative estimate of drug-likeness (QED) is 0.643. The highest BCUT2D eigenvalue weighted by Crippen LogP contribution is 2.28. The van der Waals surface area contributed by atoms with Gasteiger partial charge in [0.2, 0.25) is 0 Å². The predicted octanol–water partition coefficient (Wildman–Crippen LogP) is 2.87. The molecule has 0 aliphatic carbocycles. The van der Waals surface area contributed by atoms with Crippen LogP contribution in [0.3, 0.4) is 0 Å². The third kappa shape index (κ3) is 4.83. The highest BCUT2D eigenvalue weighted by molar-refractivity contribution is 5.85. The monoisotopic (exact) mass is 254 g/mol. The molecule has 0 fully saturated rings. The number of alkyl halides is 3. The number of benzene rings is 1. The summed E-state index contributed by atoms with van der Waals surface area (Å²) in [5, 5.41) is 0. The third-order valence-corrected chi connectivity index (χ3v) is 2.12. The summed E-state index contributed by atoms with van der Waals surface area (Å²) in [6.45, 7) is 1.87. The van der Waals surface area contributed by atoms with Crippen molar-refractivity contribution in [1.82, 2.24) is 5.43 Å². The number of hydrogen-bond donors (Lipinski definition) is 2. The Balaban J connectivity index is 0.00000225. The summed E-state index contributed by atoms with van der Waals surface area (Å²) < 4.78 is 36.5. The van der Waals surface area contributed by atoms with Gasteiger partial charge in [0.1, 0.15) is 0 Å². The maximum absolute atomic E-state index is 12.2. The predicted molar refractivity (Wildman–Crippen MR) is 59.2 cm³/mol. The highest BCUT2D eigenvalue weighted by Gasteiger charge is 2.32. The Morgan fingerprint density at radius 3 is 2.12 bits per heavy atom. The van der Waals surface area contributed by atoms with Gasteiger partial charge < -0.3 is 0 Å². The Hall–Kier alpha value is -0.780. The Kier molecular flexibility index (Phi) is 5.78. The molecule has 1 atom stereocenters. The minimum Gasteiger partial charge on any atom is -0.271 e. The minimum atomic E-state index is -4.22. The largest absolute Gasteiger partial charge is 0.390 e.